The number of amides is 1. The van der Waals surface area contributed by atoms with Gasteiger partial charge in [0.2, 0.25) is 0 Å². The molecular formula is C10H19NO2. The Bertz CT molecular complexity index is 189. The van der Waals surface area contributed by atoms with E-state index in [2.05, 4.69) is 6.58 Å². The van der Waals surface area contributed by atoms with Gasteiger partial charge < -0.3 is 10.0 Å². The second-order valence-corrected chi connectivity index (χ2v) is 3.14. The summed E-state index contributed by atoms with van der Waals surface area (Å²) in [4.78, 5) is 12.9. The van der Waals surface area contributed by atoms with Gasteiger partial charge in [-0.2, -0.15) is 0 Å². The minimum absolute atomic E-state index is 0.163. The molecule has 0 aromatic carbocycles. The molecule has 0 heterocycles. The number of aliphatic hydroxyl groups excluding tert-OH is 1. The van der Waals surface area contributed by atoms with Crippen LogP contribution in [0.3, 0.4) is 0 Å². The first-order valence-corrected chi connectivity index (χ1v) is 4.69. The standard InChI is InChI=1S/C10H19NO2/c1-5-7-9(12)11(6-2)10(13)8(3)4/h9,12H,3,5-7H2,1-2,4H3. The summed E-state index contributed by atoms with van der Waals surface area (Å²) in [6.07, 6.45) is 0.813. The molecule has 0 rings (SSSR count). The maximum absolute atomic E-state index is 11.5. The van der Waals surface area contributed by atoms with E-state index in [-0.39, 0.29) is 5.91 Å². The number of likely N-dealkylation sites (N-methyl/N-ethyl adjacent to an activating group) is 1. The highest BCUT2D eigenvalue weighted by Crippen LogP contribution is 2.07. The summed E-state index contributed by atoms with van der Waals surface area (Å²) in [5.41, 5.74) is 0.469. The van der Waals surface area contributed by atoms with Crippen LogP contribution in [-0.2, 0) is 4.79 Å². The van der Waals surface area contributed by atoms with Crippen molar-refractivity contribution in [3.05, 3.63) is 12.2 Å². The van der Waals surface area contributed by atoms with Gasteiger partial charge in [-0.1, -0.05) is 19.9 Å². The molecule has 1 unspecified atom stereocenters. The molecule has 0 saturated heterocycles. The van der Waals surface area contributed by atoms with Gasteiger partial charge in [0.05, 0.1) is 0 Å². The molecule has 0 aliphatic heterocycles. The highest BCUT2D eigenvalue weighted by Gasteiger charge is 2.18. The molecule has 0 spiro atoms. The Hall–Kier alpha value is -0.830. The fourth-order valence-corrected chi connectivity index (χ4v) is 1.15. The molecule has 0 fully saturated rings. The summed E-state index contributed by atoms with van der Waals surface area (Å²) in [6, 6.07) is 0. The maximum Gasteiger partial charge on any atom is 0.250 e. The molecule has 0 aromatic rings. The van der Waals surface area contributed by atoms with Crippen LogP contribution in [-0.4, -0.2) is 28.7 Å². The van der Waals surface area contributed by atoms with Gasteiger partial charge >= 0.3 is 0 Å². The zero-order chi connectivity index (χ0) is 10.4. The average Bonchev–Trinajstić information content (AvgIpc) is 2.05. The van der Waals surface area contributed by atoms with Crippen LogP contribution in [0, 0.1) is 0 Å². The first kappa shape index (κ1) is 12.2. The van der Waals surface area contributed by atoms with E-state index in [0.29, 0.717) is 18.5 Å². The molecule has 0 aliphatic rings. The van der Waals surface area contributed by atoms with Crippen LogP contribution in [0.4, 0.5) is 0 Å². The highest BCUT2D eigenvalue weighted by atomic mass is 16.3. The Morgan fingerprint density at radius 1 is 1.54 bits per heavy atom. The number of rotatable bonds is 5. The molecule has 13 heavy (non-hydrogen) atoms. The normalized spacial score (nSPS) is 12.3. The minimum Gasteiger partial charge on any atom is -0.374 e. The van der Waals surface area contributed by atoms with Crippen molar-refractivity contribution in [3.8, 4) is 0 Å². The van der Waals surface area contributed by atoms with E-state index in [1.807, 2.05) is 13.8 Å². The van der Waals surface area contributed by atoms with E-state index in [0.717, 1.165) is 6.42 Å². The fourth-order valence-electron chi connectivity index (χ4n) is 1.15. The van der Waals surface area contributed by atoms with Crippen molar-refractivity contribution >= 4 is 5.91 Å². The van der Waals surface area contributed by atoms with Gasteiger partial charge in [0, 0.05) is 12.1 Å². The molecule has 0 aromatic heterocycles. The number of nitrogens with zero attached hydrogens (tertiary/aromatic N) is 1. The molecule has 3 heteroatoms. The minimum atomic E-state index is -0.667. The van der Waals surface area contributed by atoms with Gasteiger partial charge in [0.1, 0.15) is 6.23 Å². The van der Waals surface area contributed by atoms with E-state index in [1.54, 1.807) is 6.92 Å². The predicted octanol–water partition coefficient (Wildman–Crippen LogP) is 1.53. The molecule has 1 amide bonds. The fraction of sp³-hybridized carbons (Fsp3) is 0.700. The van der Waals surface area contributed by atoms with E-state index >= 15 is 0 Å². The largest absolute Gasteiger partial charge is 0.374 e. The van der Waals surface area contributed by atoms with Crippen molar-refractivity contribution in [1.82, 2.24) is 4.90 Å². The molecule has 3 nitrogen and oxygen atoms in total. The molecular weight excluding hydrogens is 166 g/mol. The van der Waals surface area contributed by atoms with E-state index < -0.39 is 6.23 Å². The lowest BCUT2D eigenvalue weighted by atomic mass is 10.2. The molecule has 0 radical (unpaired) electrons. The second-order valence-electron chi connectivity index (χ2n) is 3.14. The number of carbonyl (C=O) groups excluding carboxylic acids is 1. The second kappa shape index (κ2) is 5.75. The Kier molecular flexibility index (Phi) is 5.39. The number of aliphatic hydroxyl groups is 1. The van der Waals surface area contributed by atoms with E-state index in [9.17, 15) is 9.90 Å². The Morgan fingerprint density at radius 3 is 2.38 bits per heavy atom. The monoisotopic (exact) mass is 185 g/mol. The smallest absolute Gasteiger partial charge is 0.250 e. The average molecular weight is 185 g/mol. The van der Waals surface area contributed by atoms with Crippen LogP contribution in [0.1, 0.15) is 33.6 Å². The number of carbonyl (C=O) groups is 1. The van der Waals surface area contributed by atoms with Crippen molar-refractivity contribution < 1.29 is 9.90 Å². The van der Waals surface area contributed by atoms with Gasteiger partial charge in [-0.05, 0) is 20.3 Å². The van der Waals surface area contributed by atoms with E-state index in [4.69, 9.17) is 0 Å². The zero-order valence-electron chi connectivity index (χ0n) is 8.71. The quantitative estimate of drug-likeness (QED) is 0.521. The van der Waals surface area contributed by atoms with Crippen LogP contribution in [0.25, 0.3) is 0 Å². The summed E-state index contributed by atoms with van der Waals surface area (Å²) >= 11 is 0. The van der Waals surface area contributed by atoms with Gasteiger partial charge in [0.15, 0.2) is 0 Å². The summed E-state index contributed by atoms with van der Waals surface area (Å²) in [7, 11) is 0. The van der Waals surface area contributed by atoms with Gasteiger partial charge in [0.25, 0.3) is 5.91 Å². The molecule has 76 valence electrons. The summed E-state index contributed by atoms with van der Waals surface area (Å²) in [5, 5.41) is 9.59. The Morgan fingerprint density at radius 2 is 2.08 bits per heavy atom. The molecule has 0 bridgehead atoms. The van der Waals surface area contributed by atoms with Crippen molar-refractivity contribution in [2.24, 2.45) is 0 Å². The predicted molar refractivity (Wildman–Crippen MR) is 53.1 cm³/mol. The highest BCUT2D eigenvalue weighted by molar-refractivity contribution is 5.92. The summed E-state index contributed by atoms with van der Waals surface area (Å²) in [6.45, 7) is 9.56. The Labute approximate surface area is 80.0 Å². The number of hydrogen-bond acceptors (Lipinski definition) is 2. The van der Waals surface area contributed by atoms with Crippen LogP contribution < -0.4 is 0 Å². The van der Waals surface area contributed by atoms with Crippen LogP contribution in [0.2, 0.25) is 0 Å². The molecule has 1 N–H and O–H groups in total. The first-order chi connectivity index (χ1) is 6.04. The van der Waals surface area contributed by atoms with Gasteiger partial charge in [-0.3, -0.25) is 4.79 Å². The zero-order valence-corrected chi connectivity index (χ0v) is 8.71. The van der Waals surface area contributed by atoms with E-state index in [1.165, 1.54) is 4.90 Å². The van der Waals surface area contributed by atoms with Crippen molar-refractivity contribution in [1.29, 1.82) is 0 Å². The van der Waals surface area contributed by atoms with Crippen LogP contribution >= 0.6 is 0 Å². The molecule has 0 aliphatic carbocycles. The Balaban J connectivity index is 4.31. The summed E-state index contributed by atoms with van der Waals surface area (Å²) < 4.78 is 0. The van der Waals surface area contributed by atoms with Crippen molar-refractivity contribution in [2.75, 3.05) is 6.54 Å². The van der Waals surface area contributed by atoms with Crippen molar-refractivity contribution in [3.63, 3.8) is 0 Å². The van der Waals surface area contributed by atoms with Crippen LogP contribution in [0.5, 0.6) is 0 Å². The maximum atomic E-state index is 11.5. The molecule has 0 saturated carbocycles. The lowest BCUT2D eigenvalue weighted by Crippen LogP contribution is -2.40. The SMILES string of the molecule is C=C(C)C(=O)N(CC)C(O)CCC. The lowest BCUT2D eigenvalue weighted by molar-refractivity contribution is -0.136. The number of hydrogen-bond donors (Lipinski definition) is 1. The van der Waals surface area contributed by atoms with Gasteiger partial charge in [-0.25, -0.2) is 0 Å². The third kappa shape index (κ3) is 3.59. The van der Waals surface area contributed by atoms with Crippen molar-refractivity contribution in [2.45, 2.75) is 39.8 Å². The van der Waals surface area contributed by atoms with Gasteiger partial charge in [-0.15, -0.1) is 0 Å². The first-order valence-electron chi connectivity index (χ1n) is 4.69. The third-order valence-electron chi connectivity index (χ3n) is 1.87. The lowest BCUT2D eigenvalue weighted by Gasteiger charge is -2.26. The molecule has 1 atom stereocenters. The summed E-state index contributed by atoms with van der Waals surface area (Å²) in [5.74, 6) is -0.163. The van der Waals surface area contributed by atoms with Crippen LogP contribution in [0.15, 0.2) is 12.2 Å². The topological polar surface area (TPSA) is 40.5 Å². The third-order valence-corrected chi connectivity index (χ3v) is 1.87.